The molecule has 2 rings (SSSR count). The SMILES string of the molecule is Cc1cc2c(cc1Br)C(C(=O)O)CC2. The monoisotopic (exact) mass is 254 g/mol. The zero-order valence-corrected chi connectivity index (χ0v) is 9.47. The lowest BCUT2D eigenvalue weighted by atomic mass is 10.0. The smallest absolute Gasteiger partial charge is 0.310 e. The third kappa shape index (κ3) is 1.46. The summed E-state index contributed by atoms with van der Waals surface area (Å²) in [5.41, 5.74) is 3.35. The number of carbonyl (C=O) groups is 1. The highest BCUT2D eigenvalue weighted by molar-refractivity contribution is 9.10. The number of rotatable bonds is 1. The second kappa shape index (κ2) is 3.39. The lowest BCUT2D eigenvalue weighted by Crippen LogP contribution is -2.07. The second-order valence-corrected chi connectivity index (χ2v) is 4.58. The van der Waals surface area contributed by atoms with Gasteiger partial charge in [0.2, 0.25) is 0 Å². The molecule has 1 unspecified atom stereocenters. The number of carboxylic acid groups (broad SMARTS) is 1. The average molecular weight is 255 g/mol. The molecule has 1 atom stereocenters. The maximum atomic E-state index is 10.9. The zero-order valence-electron chi connectivity index (χ0n) is 7.88. The van der Waals surface area contributed by atoms with E-state index >= 15 is 0 Å². The van der Waals surface area contributed by atoms with E-state index in [4.69, 9.17) is 5.11 Å². The molecule has 1 N–H and O–H groups in total. The van der Waals surface area contributed by atoms with E-state index in [0.717, 1.165) is 22.9 Å². The van der Waals surface area contributed by atoms with Crippen LogP contribution in [0.4, 0.5) is 0 Å². The lowest BCUT2D eigenvalue weighted by Gasteiger charge is -2.07. The fraction of sp³-hybridized carbons (Fsp3) is 0.364. The molecule has 0 heterocycles. The maximum absolute atomic E-state index is 10.9. The minimum absolute atomic E-state index is 0.304. The highest BCUT2D eigenvalue weighted by atomic mass is 79.9. The quantitative estimate of drug-likeness (QED) is 0.837. The van der Waals surface area contributed by atoms with Gasteiger partial charge in [-0.05, 0) is 42.5 Å². The Bertz CT molecular complexity index is 399. The molecular formula is C11H11BrO2. The molecule has 1 aromatic rings. The summed E-state index contributed by atoms with van der Waals surface area (Å²) in [5, 5.41) is 9.00. The Balaban J connectivity index is 2.50. The molecule has 74 valence electrons. The lowest BCUT2D eigenvalue weighted by molar-refractivity contribution is -0.138. The first kappa shape index (κ1) is 9.71. The van der Waals surface area contributed by atoms with Crippen LogP contribution in [0.1, 0.15) is 29.0 Å². The van der Waals surface area contributed by atoms with Crippen molar-refractivity contribution < 1.29 is 9.90 Å². The Morgan fingerprint density at radius 3 is 2.93 bits per heavy atom. The molecule has 0 saturated heterocycles. The molecule has 14 heavy (non-hydrogen) atoms. The maximum Gasteiger partial charge on any atom is 0.310 e. The predicted octanol–water partition coefficient (Wildman–Crippen LogP) is 2.87. The standard InChI is InChI=1S/C11H11BrO2/c1-6-4-7-2-3-8(11(13)14)9(7)5-10(6)12/h4-5,8H,2-3H2,1H3,(H,13,14). The van der Waals surface area contributed by atoms with E-state index in [9.17, 15) is 4.79 Å². The van der Waals surface area contributed by atoms with Crippen molar-refractivity contribution in [2.24, 2.45) is 0 Å². The summed E-state index contributed by atoms with van der Waals surface area (Å²) in [5.74, 6) is -1.01. The summed E-state index contributed by atoms with van der Waals surface area (Å²) in [6.07, 6.45) is 1.63. The van der Waals surface area contributed by atoms with Crippen LogP contribution in [0.25, 0.3) is 0 Å². The average Bonchev–Trinajstić information content (AvgIpc) is 2.48. The molecule has 1 aromatic carbocycles. The van der Waals surface area contributed by atoms with Gasteiger partial charge in [0.25, 0.3) is 0 Å². The van der Waals surface area contributed by atoms with Gasteiger partial charge in [-0.3, -0.25) is 4.79 Å². The van der Waals surface area contributed by atoms with Gasteiger partial charge in [0, 0.05) is 4.47 Å². The van der Waals surface area contributed by atoms with Gasteiger partial charge in [0.15, 0.2) is 0 Å². The Hall–Kier alpha value is -0.830. The first-order valence-electron chi connectivity index (χ1n) is 4.61. The summed E-state index contributed by atoms with van der Waals surface area (Å²) in [7, 11) is 0. The van der Waals surface area contributed by atoms with Crippen LogP contribution >= 0.6 is 15.9 Å². The van der Waals surface area contributed by atoms with Crippen LogP contribution in [0.15, 0.2) is 16.6 Å². The normalized spacial score (nSPS) is 19.4. The van der Waals surface area contributed by atoms with Crippen molar-refractivity contribution >= 4 is 21.9 Å². The van der Waals surface area contributed by atoms with Crippen LogP contribution in [0.2, 0.25) is 0 Å². The molecule has 3 heteroatoms. The number of aliphatic carboxylic acids is 1. The molecule has 1 aliphatic rings. The van der Waals surface area contributed by atoms with Gasteiger partial charge in [-0.2, -0.15) is 0 Å². The fourth-order valence-corrected chi connectivity index (χ4v) is 2.37. The van der Waals surface area contributed by atoms with Crippen molar-refractivity contribution in [2.75, 3.05) is 0 Å². The Morgan fingerprint density at radius 1 is 1.57 bits per heavy atom. The minimum Gasteiger partial charge on any atom is -0.481 e. The number of halogens is 1. The number of benzene rings is 1. The van der Waals surface area contributed by atoms with Gasteiger partial charge in [-0.1, -0.05) is 22.0 Å². The van der Waals surface area contributed by atoms with Crippen LogP contribution in [-0.2, 0) is 11.2 Å². The molecule has 1 aliphatic carbocycles. The topological polar surface area (TPSA) is 37.3 Å². The molecule has 0 spiro atoms. The van der Waals surface area contributed by atoms with Crippen molar-refractivity contribution in [1.82, 2.24) is 0 Å². The van der Waals surface area contributed by atoms with Gasteiger partial charge in [-0.15, -0.1) is 0 Å². The fourth-order valence-electron chi connectivity index (χ4n) is 2.01. The van der Waals surface area contributed by atoms with Crippen LogP contribution < -0.4 is 0 Å². The van der Waals surface area contributed by atoms with E-state index < -0.39 is 5.97 Å². The van der Waals surface area contributed by atoms with E-state index in [1.165, 1.54) is 11.1 Å². The van der Waals surface area contributed by atoms with E-state index in [1.54, 1.807) is 0 Å². The Labute approximate surface area is 91.1 Å². The Kier molecular flexibility index (Phi) is 2.35. The van der Waals surface area contributed by atoms with E-state index in [1.807, 2.05) is 13.0 Å². The largest absolute Gasteiger partial charge is 0.481 e. The summed E-state index contributed by atoms with van der Waals surface area (Å²) in [6, 6.07) is 4.04. The van der Waals surface area contributed by atoms with E-state index in [0.29, 0.717) is 0 Å². The van der Waals surface area contributed by atoms with Crippen molar-refractivity contribution in [3.63, 3.8) is 0 Å². The number of carboxylic acids is 1. The third-order valence-electron chi connectivity index (χ3n) is 2.80. The number of aryl methyl sites for hydroxylation is 2. The van der Waals surface area contributed by atoms with Gasteiger partial charge in [-0.25, -0.2) is 0 Å². The molecule has 0 saturated carbocycles. The summed E-state index contributed by atoms with van der Waals surface area (Å²) < 4.78 is 1.00. The van der Waals surface area contributed by atoms with Gasteiger partial charge in [0.1, 0.15) is 0 Å². The molecule has 0 bridgehead atoms. The van der Waals surface area contributed by atoms with Crippen LogP contribution in [-0.4, -0.2) is 11.1 Å². The molecule has 2 nitrogen and oxygen atoms in total. The summed E-state index contributed by atoms with van der Waals surface area (Å²) in [4.78, 5) is 10.9. The molecule has 0 fully saturated rings. The van der Waals surface area contributed by atoms with Crippen molar-refractivity contribution in [3.8, 4) is 0 Å². The zero-order chi connectivity index (χ0) is 10.3. The molecular weight excluding hydrogens is 244 g/mol. The third-order valence-corrected chi connectivity index (χ3v) is 3.65. The van der Waals surface area contributed by atoms with Crippen LogP contribution in [0.5, 0.6) is 0 Å². The highest BCUT2D eigenvalue weighted by Gasteiger charge is 2.28. The van der Waals surface area contributed by atoms with Crippen molar-refractivity contribution in [1.29, 1.82) is 0 Å². The van der Waals surface area contributed by atoms with Gasteiger partial charge in [0.05, 0.1) is 5.92 Å². The molecule has 0 radical (unpaired) electrons. The highest BCUT2D eigenvalue weighted by Crippen LogP contribution is 2.36. The molecule has 0 amide bonds. The molecule has 0 aromatic heterocycles. The van der Waals surface area contributed by atoms with Crippen molar-refractivity contribution in [3.05, 3.63) is 33.3 Å². The number of fused-ring (bicyclic) bond motifs is 1. The first-order valence-corrected chi connectivity index (χ1v) is 5.40. The van der Waals surface area contributed by atoms with Crippen LogP contribution in [0.3, 0.4) is 0 Å². The Morgan fingerprint density at radius 2 is 2.29 bits per heavy atom. The first-order chi connectivity index (χ1) is 6.59. The summed E-state index contributed by atoms with van der Waals surface area (Å²) >= 11 is 3.43. The van der Waals surface area contributed by atoms with Crippen molar-refractivity contribution in [2.45, 2.75) is 25.7 Å². The molecule has 0 aliphatic heterocycles. The van der Waals surface area contributed by atoms with E-state index in [2.05, 4.69) is 22.0 Å². The van der Waals surface area contributed by atoms with Crippen LogP contribution in [0, 0.1) is 6.92 Å². The van der Waals surface area contributed by atoms with Gasteiger partial charge < -0.3 is 5.11 Å². The number of hydrogen-bond acceptors (Lipinski definition) is 1. The number of hydrogen-bond donors (Lipinski definition) is 1. The van der Waals surface area contributed by atoms with Gasteiger partial charge >= 0.3 is 5.97 Å². The summed E-state index contributed by atoms with van der Waals surface area (Å²) in [6.45, 7) is 2.03. The van der Waals surface area contributed by atoms with E-state index in [-0.39, 0.29) is 5.92 Å². The predicted molar refractivity (Wildman–Crippen MR) is 57.6 cm³/mol. The minimum atomic E-state index is -0.709. The second-order valence-electron chi connectivity index (χ2n) is 3.73.